The van der Waals surface area contributed by atoms with Gasteiger partial charge in [0.05, 0.1) is 13.2 Å². The summed E-state index contributed by atoms with van der Waals surface area (Å²) >= 11 is 0. The number of guanidine groups is 1. The lowest BCUT2D eigenvalue weighted by Gasteiger charge is -2.25. The number of benzene rings is 1. The van der Waals surface area contributed by atoms with Crippen LogP contribution in [0.3, 0.4) is 0 Å². The van der Waals surface area contributed by atoms with Crippen molar-refractivity contribution in [1.29, 1.82) is 0 Å². The van der Waals surface area contributed by atoms with Crippen molar-refractivity contribution in [2.45, 2.75) is 44.8 Å². The first-order valence-electron chi connectivity index (χ1n) is 11.1. The van der Waals surface area contributed by atoms with Crippen LogP contribution in [0.2, 0.25) is 0 Å². The Kier molecular flexibility index (Phi) is 6.86. The second-order valence-electron chi connectivity index (χ2n) is 8.74. The average Bonchev–Trinajstić information content (AvgIpc) is 3.65. The van der Waals surface area contributed by atoms with E-state index in [9.17, 15) is 0 Å². The topological polar surface area (TPSA) is 40.1 Å². The lowest BCUT2D eigenvalue weighted by molar-refractivity contribution is 0.0906. The van der Waals surface area contributed by atoms with Gasteiger partial charge in [0.2, 0.25) is 0 Å². The molecule has 1 unspecified atom stereocenters. The van der Waals surface area contributed by atoms with Crippen LogP contribution in [0.5, 0.6) is 0 Å². The van der Waals surface area contributed by atoms with Gasteiger partial charge in [0.15, 0.2) is 5.96 Å². The van der Waals surface area contributed by atoms with Crippen LogP contribution in [0.4, 0.5) is 0 Å². The van der Waals surface area contributed by atoms with Crippen molar-refractivity contribution in [2.75, 3.05) is 46.4 Å². The molecule has 0 aromatic heterocycles. The molecule has 3 aliphatic rings. The fraction of sp³-hybridized carbons (Fsp3) is 0.696. The molecular weight excluding hydrogens is 348 g/mol. The van der Waals surface area contributed by atoms with E-state index in [0.717, 1.165) is 50.7 Å². The molecule has 5 nitrogen and oxygen atoms in total. The maximum atomic E-state index is 5.96. The van der Waals surface area contributed by atoms with E-state index < -0.39 is 0 Å². The smallest absolute Gasteiger partial charge is 0.193 e. The van der Waals surface area contributed by atoms with Gasteiger partial charge in [-0.1, -0.05) is 30.3 Å². The molecular formula is C23H36N4O. The summed E-state index contributed by atoms with van der Waals surface area (Å²) in [4.78, 5) is 9.65. The van der Waals surface area contributed by atoms with Gasteiger partial charge in [-0.15, -0.1) is 0 Å². The van der Waals surface area contributed by atoms with Gasteiger partial charge in [-0.2, -0.15) is 0 Å². The number of aliphatic imine (C=N–C) groups is 1. The second-order valence-corrected chi connectivity index (χ2v) is 8.74. The Morgan fingerprint density at radius 1 is 1.14 bits per heavy atom. The van der Waals surface area contributed by atoms with Crippen molar-refractivity contribution in [3.8, 4) is 0 Å². The number of ether oxygens (including phenoxy) is 1. The van der Waals surface area contributed by atoms with Crippen molar-refractivity contribution < 1.29 is 4.74 Å². The highest BCUT2D eigenvalue weighted by molar-refractivity contribution is 5.80. The number of nitrogens with zero attached hydrogens (tertiary/aromatic N) is 3. The molecule has 2 saturated carbocycles. The van der Waals surface area contributed by atoms with Gasteiger partial charge in [0.25, 0.3) is 0 Å². The minimum absolute atomic E-state index is 0.597. The number of hydrogen-bond donors (Lipinski definition) is 1. The Morgan fingerprint density at radius 2 is 1.96 bits per heavy atom. The molecule has 0 radical (unpaired) electrons. The van der Waals surface area contributed by atoms with E-state index in [1.807, 2.05) is 13.1 Å². The predicted octanol–water partition coefficient (Wildman–Crippen LogP) is 2.97. The van der Waals surface area contributed by atoms with Crippen LogP contribution in [-0.4, -0.2) is 68.2 Å². The molecule has 3 fully saturated rings. The second kappa shape index (κ2) is 9.75. The van der Waals surface area contributed by atoms with Crippen molar-refractivity contribution >= 4 is 5.96 Å². The number of hydrogen-bond acceptors (Lipinski definition) is 3. The van der Waals surface area contributed by atoms with Gasteiger partial charge < -0.3 is 15.0 Å². The van der Waals surface area contributed by atoms with E-state index in [1.165, 1.54) is 44.2 Å². The van der Waals surface area contributed by atoms with Crippen LogP contribution in [0.15, 0.2) is 35.3 Å². The molecule has 0 amide bonds. The lowest BCUT2D eigenvalue weighted by atomic mass is 10.1. The fourth-order valence-electron chi connectivity index (χ4n) is 4.22. The molecule has 1 heterocycles. The molecule has 28 heavy (non-hydrogen) atoms. The zero-order chi connectivity index (χ0) is 19.2. The van der Waals surface area contributed by atoms with Gasteiger partial charge in [-0.3, -0.25) is 9.89 Å². The Morgan fingerprint density at radius 3 is 2.68 bits per heavy atom. The first kappa shape index (κ1) is 19.7. The summed E-state index contributed by atoms with van der Waals surface area (Å²) in [5.74, 6) is 2.64. The minimum atomic E-state index is 0.597. The van der Waals surface area contributed by atoms with Crippen molar-refractivity contribution in [3.63, 3.8) is 0 Å². The summed E-state index contributed by atoms with van der Waals surface area (Å²) in [6, 6.07) is 11.3. The van der Waals surface area contributed by atoms with Gasteiger partial charge >= 0.3 is 0 Å². The lowest BCUT2D eigenvalue weighted by Crippen LogP contribution is -2.44. The van der Waals surface area contributed by atoms with Crippen LogP contribution in [0.1, 0.15) is 37.7 Å². The van der Waals surface area contributed by atoms with E-state index in [0.29, 0.717) is 12.5 Å². The highest BCUT2D eigenvalue weighted by Crippen LogP contribution is 2.34. The van der Waals surface area contributed by atoms with Gasteiger partial charge in [-0.25, -0.2) is 0 Å². The van der Waals surface area contributed by atoms with Crippen LogP contribution < -0.4 is 5.32 Å². The summed E-state index contributed by atoms with van der Waals surface area (Å²) in [6.45, 7) is 7.13. The van der Waals surface area contributed by atoms with Crippen LogP contribution in [0.25, 0.3) is 0 Å². The third-order valence-corrected chi connectivity index (χ3v) is 6.20. The van der Waals surface area contributed by atoms with Crippen LogP contribution >= 0.6 is 0 Å². The Balaban J connectivity index is 1.14. The minimum Gasteiger partial charge on any atom is -0.376 e. The molecule has 0 bridgehead atoms. The van der Waals surface area contributed by atoms with Crippen molar-refractivity contribution in [3.05, 3.63) is 35.9 Å². The molecule has 1 saturated heterocycles. The maximum Gasteiger partial charge on any atom is 0.193 e. The molecule has 1 aromatic rings. The highest BCUT2D eigenvalue weighted by Gasteiger charge is 2.33. The van der Waals surface area contributed by atoms with E-state index in [-0.39, 0.29) is 0 Å². The Bertz CT molecular complexity index is 627. The quantitative estimate of drug-likeness (QED) is 0.497. The van der Waals surface area contributed by atoms with E-state index in [2.05, 4.69) is 44.4 Å². The zero-order valence-corrected chi connectivity index (χ0v) is 17.4. The SMILES string of the molecule is CN=C(NCCN(CC1CC1)C1CC1)N1CCC(COCc2ccccc2)C1. The fourth-order valence-corrected chi connectivity index (χ4v) is 4.22. The van der Waals surface area contributed by atoms with Crippen molar-refractivity contribution in [2.24, 2.45) is 16.8 Å². The summed E-state index contributed by atoms with van der Waals surface area (Å²) in [7, 11) is 1.91. The Labute approximate surface area is 170 Å². The molecule has 154 valence electrons. The van der Waals surface area contributed by atoms with Gasteiger partial charge in [0, 0.05) is 51.7 Å². The van der Waals surface area contributed by atoms with Crippen molar-refractivity contribution in [1.82, 2.24) is 15.1 Å². The molecule has 5 heteroatoms. The third-order valence-electron chi connectivity index (χ3n) is 6.20. The largest absolute Gasteiger partial charge is 0.376 e. The molecule has 4 rings (SSSR count). The summed E-state index contributed by atoms with van der Waals surface area (Å²) in [6.07, 6.45) is 6.88. The van der Waals surface area contributed by atoms with Crippen LogP contribution in [-0.2, 0) is 11.3 Å². The molecule has 1 N–H and O–H groups in total. The normalized spacial score (nSPS) is 22.9. The third kappa shape index (κ3) is 5.95. The van der Waals surface area contributed by atoms with E-state index in [1.54, 1.807) is 0 Å². The first-order valence-corrected chi connectivity index (χ1v) is 11.1. The molecule has 1 atom stereocenters. The van der Waals surface area contributed by atoms with E-state index in [4.69, 9.17) is 4.74 Å². The first-order chi connectivity index (χ1) is 13.8. The maximum absolute atomic E-state index is 5.96. The molecule has 0 spiro atoms. The molecule has 1 aromatic carbocycles. The average molecular weight is 385 g/mol. The predicted molar refractivity (Wildman–Crippen MR) is 114 cm³/mol. The molecule has 2 aliphatic carbocycles. The number of likely N-dealkylation sites (tertiary alicyclic amines) is 1. The Hall–Kier alpha value is -1.59. The van der Waals surface area contributed by atoms with Gasteiger partial charge in [-0.05, 0) is 43.6 Å². The van der Waals surface area contributed by atoms with E-state index >= 15 is 0 Å². The summed E-state index contributed by atoms with van der Waals surface area (Å²) in [5.41, 5.74) is 1.25. The number of nitrogens with one attached hydrogen (secondary N) is 1. The highest BCUT2D eigenvalue weighted by atomic mass is 16.5. The number of rotatable bonds is 10. The summed E-state index contributed by atoms with van der Waals surface area (Å²) < 4.78 is 5.96. The summed E-state index contributed by atoms with van der Waals surface area (Å²) in [5, 5.41) is 3.61. The van der Waals surface area contributed by atoms with Gasteiger partial charge in [0.1, 0.15) is 0 Å². The monoisotopic (exact) mass is 384 g/mol. The van der Waals surface area contributed by atoms with Crippen LogP contribution in [0, 0.1) is 11.8 Å². The zero-order valence-electron chi connectivity index (χ0n) is 17.4. The molecule has 1 aliphatic heterocycles. The standard InChI is InChI=1S/C23H36N4O/c1-24-23(25-12-14-26(22-9-10-22)15-19-7-8-19)27-13-11-21(16-27)18-28-17-20-5-3-2-4-6-20/h2-6,19,21-22H,7-18H2,1H3,(H,24,25).